The average molecular weight is 359 g/mol. The molecule has 1 aromatic carbocycles. The summed E-state index contributed by atoms with van der Waals surface area (Å²) in [7, 11) is 0. The van der Waals surface area contributed by atoms with Gasteiger partial charge in [-0.25, -0.2) is 4.39 Å². The third-order valence-electron chi connectivity index (χ3n) is 3.18. The Bertz CT molecular complexity index is 950. The van der Waals surface area contributed by atoms with E-state index in [-0.39, 0.29) is 5.89 Å². The van der Waals surface area contributed by atoms with Crippen LogP contribution in [0.5, 0.6) is 0 Å². The van der Waals surface area contributed by atoms with Crippen molar-refractivity contribution in [1.29, 1.82) is 0 Å². The highest BCUT2D eigenvalue weighted by molar-refractivity contribution is 7.98. The van der Waals surface area contributed by atoms with Crippen LogP contribution in [0.1, 0.15) is 5.69 Å². The van der Waals surface area contributed by atoms with E-state index in [1.807, 2.05) is 23.6 Å². The van der Waals surface area contributed by atoms with Gasteiger partial charge < -0.3 is 8.94 Å². The lowest BCUT2D eigenvalue weighted by Gasteiger charge is -1.95. The molecule has 0 aliphatic heterocycles. The number of rotatable bonds is 5. The normalized spacial score (nSPS) is 11.0. The van der Waals surface area contributed by atoms with Crippen LogP contribution in [0.25, 0.3) is 22.1 Å². The third-order valence-corrected chi connectivity index (χ3v) is 4.91. The van der Waals surface area contributed by atoms with E-state index in [0.29, 0.717) is 16.5 Å². The number of thiophene rings is 1. The molecule has 0 saturated carbocycles. The van der Waals surface area contributed by atoms with E-state index >= 15 is 0 Å². The van der Waals surface area contributed by atoms with Crippen molar-refractivity contribution in [1.82, 2.24) is 15.4 Å². The zero-order valence-electron chi connectivity index (χ0n) is 12.2. The molecule has 0 spiro atoms. The van der Waals surface area contributed by atoms with Crippen molar-refractivity contribution in [2.45, 2.75) is 11.0 Å². The Kier molecular flexibility index (Phi) is 4.14. The van der Waals surface area contributed by atoms with E-state index in [2.05, 4.69) is 15.4 Å². The summed E-state index contributed by atoms with van der Waals surface area (Å²) in [5.41, 5.74) is 1.06. The fraction of sp³-hybridized carbons (Fsp3) is 0.0625. The van der Waals surface area contributed by atoms with Crippen LogP contribution in [0, 0.1) is 5.82 Å². The maximum absolute atomic E-state index is 13.7. The fourth-order valence-electron chi connectivity index (χ4n) is 2.06. The third kappa shape index (κ3) is 3.10. The number of hydrogen-bond acceptors (Lipinski definition) is 7. The van der Waals surface area contributed by atoms with Crippen LogP contribution in [0.2, 0.25) is 0 Å². The lowest BCUT2D eigenvalue weighted by molar-refractivity contribution is 0.427. The van der Waals surface area contributed by atoms with Gasteiger partial charge in [0.05, 0.1) is 16.1 Å². The van der Waals surface area contributed by atoms with E-state index in [1.54, 1.807) is 29.5 Å². The number of halogens is 1. The summed E-state index contributed by atoms with van der Waals surface area (Å²) < 4.78 is 24.5. The molecule has 0 aliphatic rings. The minimum Gasteiger partial charge on any atom is -0.411 e. The second-order valence-electron chi connectivity index (χ2n) is 4.80. The summed E-state index contributed by atoms with van der Waals surface area (Å²) in [6.07, 6.45) is 0. The van der Waals surface area contributed by atoms with Gasteiger partial charge in [-0.3, -0.25) is 0 Å². The number of thioether (sulfide) groups is 1. The highest BCUT2D eigenvalue weighted by Gasteiger charge is 2.14. The van der Waals surface area contributed by atoms with Gasteiger partial charge in [-0.2, -0.15) is 0 Å². The largest absolute Gasteiger partial charge is 0.411 e. The summed E-state index contributed by atoms with van der Waals surface area (Å²) in [5.74, 6) is 1.02. The van der Waals surface area contributed by atoms with Crippen molar-refractivity contribution in [3.63, 3.8) is 0 Å². The topological polar surface area (TPSA) is 65.0 Å². The molecule has 0 saturated heterocycles. The van der Waals surface area contributed by atoms with Crippen LogP contribution in [-0.4, -0.2) is 15.4 Å². The van der Waals surface area contributed by atoms with Gasteiger partial charge in [0.15, 0.2) is 5.76 Å². The standard InChI is InChI=1S/C16H10FN3O2S2/c17-12-5-2-1-4-11(12)15-18-19-16(21-15)24-9-10-8-13(22-20-10)14-6-3-7-23-14/h1-8H,9H2. The maximum Gasteiger partial charge on any atom is 0.277 e. The molecule has 24 heavy (non-hydrogen) atoms. The Balaban J connectivity index is 1.45. The molecule has 0 fully saturated rings. The summed E-state index contributed by atoms with van der Waals surface area (Å²) in [5, 5.41) is 14.2. The first-order valence-corrected chi connectivity index (χ1v) is 8.87. The predicted octanol–water partition coefficient (Wildman–Crippen LogP) is 4.88. The Morgan fingerprint density at radius 1 is 1.12 bits per heavy atom. The van der Waals surface area contributed by atoms with Crippen molar-refractivity contribution in [2.24, 2.45) is 0 Å². The molecule has 0 atom stereocenters. The minimum atomic E-state index is -0.394. The maximum atomic E-state index is 13.7. The van der Waals surface area contributed by atoms with Crippen molar-refractivity contribution in [3.8, 4) is 22.1 Å². The number of benzene rings is 1. The Morgan fingerprint density at radius 3 is 2.88 bits per heavy atom. The molecule has 0 N–H and O–H groups in total. The molecule has 0 radical (unpaired) electrons. The molecular weight excluding hydrogens is 349 g/mol. The molecule has 120 valence electrons. The zero-order chi connectivity index (χ0) is 16.4. The molecule has 5 nitrogen and oxygen atoms in total. The highest BCUT2D eigenvalue weighted by atomic mass is 32.2. The molecule has 3 heterocycles. The SMILES string of the molecule is Fc1ccccc1-c1nnc(SCc2cc(-c3cccs3)on2)o1. The van der Waals surface area contributed by atoms with Crippen LogP contribution in [0.4, 0.5) is 4.39 Å². The van der Waals surface area contributed by atoms with E-state index in [0.717, 1.165) is 16.3 Å². The van der Waals surface area contributed by atoms with E-state index in [1.165, 1.54) is 17.8 Å². The van der Waals surface area contributed by atoms with Gasteiger partial charge in [-0.15, -0.1) is 21.5 Å². The average Bonchev–Trinajstić information content (AvgIpc) is 3.34. The second kappa shape index (κ2) is 6.58. The van der Waals surface area contributed by atoms with Gasteiger partial charge in [0.25, 0.3) is 11.1 Å². The van der Waals surface area contributed by atoms with Crippen molar-refractivity contribution < 1.29 is 13.3 Å². The number of aromatic nitrogens is 3. The van der Waals surface area contributed by atoms with Crippen molar-refractivity contribution >= 4 is 23.1 Å². The molecule has 0 amide bonds. The molecule has 0 unspecified atom stereocenters. The summed E-state index contributed by atoms with van der Waals surface area (Å²) in [6.45, 7) is 0. The number of hydrogen-bond donors (Lipinski definition) is 0. The van der Waals surface area contributed by atoms with Crippen LogP contribution in [0.15, 0.2) is 62.0 Å². The van der Waals surface area contributed by atoms with Crippen molar-refractivity contribution in [2.75, 3.05) is 0 Å². The minimum absolute atomic E-state index is 0.162. The van der Waals surface area contributed by atoms with Gasteiger partial charge in [0.1, 0.15) is 5.82 Å². The molecule has 0 aliphatic carbocycles. The van der Waals surface area contributed by atoms with Crippen molar-refractivity contribution in [3.05, 3.63) is 59.4 Å². The van der Waals surface area contributed by atoms with E-state index in [9.17, 15) is 4.39 Å². The first-order valence-electron chi connectivity index (χ1n) is 7.00. The summed E-state index contributed by atoms with van der Waals surface area (Å²) in [4.78, 5) is 1.03. The lowest BCUT2D eigenvalue weighted by Crippen LogP contribution is -1.82. The second-order valence-corrected chi connectivity index (χ2v) is 6.68. The van der Waals surface area contributed by atoms with Gasteiger partial charge >= 0.3 is 0 Å². The first-order chi connectivity index (χ1) is 11.8. The zero-order valence-corrected chi connectivity index (χ0v) is 13.8. The molecule has 0 bridgehead atoms. The number of nitrogens with zero attached hydrogens (tertiary/aromatic N) is 3. The van der Waals surface area contributed by atoms with Crippen LogP contribution >= 0.6 is 23.1 Å². The highest BCUT2D eigenvalue weighted by Crippen LogP contribution is 2.29. The predicted molar refractivity (Wildman–Crippen MR) is 89.1 cm³/mol. The Labute approximate surface area is 144 Å². The van der Waals surface area contributed by atoms with Gasteiger partial charge in [0, 0.05) is 11.8 Å². The molecule has 4 rings (SSSR count). The molecular formula is C16H10FN3O2S2. The molecule has 3 aromatic heterocycles. The Morgan fingerprint density at radius 2 is 2.04 bits per heavy atom. The van der Waals surface area contributed by atoms with Gasteiger partial charge in [-0.05, 0) is 23.6 Å². The van der Waals surface area contributed by atoms with Crippen LogP contribution in [0.3, 0.4) is 0 Å². The fourth-order valence-corrected chi connectivity index (χ4v) is 3.38. The Hall–Kier alpha value is -2.45. The quantitative estimate of drug-likeness (QED) is 0.473. The summed E-state index contributed by atoms with van der Waals surface area (Å²) in [6, 6.07) is 12.1. The van der Waals surface area contributed by atoms with E-state index < -0.39 is 5.82 Å². The van der Waals surface area contributed by atoms with Gasteiger partial charge in [-0.1, -0.05) is 35.1 Å². The van der Waals surface area contributed by atoms with E-state index in [4.69, 9.17) is 8.94 Å². The first kappa shape index (κ1) is 15.1. The monoisotopic (exact) mass is 359 g/mol. The summed E-state index contributed by atoms with van der Waals surface area (Å²) >= 11 is 2.91. The smallest absolute Gasteiger partial charge is 0.277 e. The van der Waals surface area contributed by atoms with Crippen LogP contribution < -0.4 is 0 Å². The molecule has 4 aromatic rings. The molecule has 8 heteroatoms. The lowest BCUT2D eigenvalue weighted by atomic mass is 10.2. The van der Waals surface area contributed by atoms with Crippen LogP contribution in [-0.2, 0) is 5.75 Å². The van der Waals surface area contributed by atoms with Gasteiger partial charge in [0.2, 0.25) is 0 Å².